The van der Waals surface area contributed by atoms with Gasteiger partial charge < -0.3 is 9.47 Å². The van der Waals surface area contributed by atoms with E-state index in [0.29, 0.717) is 0 Å². The molecule has 0 atom stereocenters. The lowest BCUT2D eigenvalue weighted by molar-refractivity contribution is 1.18. The van der Waals surface area contributed by atoms with Crippen LogP contribution in [0.1, 0.15) is 0 Å². The number of nitrogens with zero attached hydrogens (tertiary/aromatic N) is 2. The van der Waals surface area contributed by atoms with Crippen LogP contribution in [0.5, 0.6) is 0 Å². The molecule has 11 aromatic rings. The van der Waals surface area contributed by atoms with Crippen molar-refractivity contribution >= 4 is 99.6 Å². The van der Waals surface area contributed by atoms with Crippen LogP contribution in [0.25, 0.3) is 80.7 Å². The number of rotatable bonds is 5. The zero-order valence-electron chi connectivity index (χ0n) is 32.3. The first-order valence-electron chi connectivity index (χ1n) is 20.1. The van der Waals surface area contributed by atoms with Crippen LogP contribution in [-0.4, -0.2) is 12.6 Å². The van der Waals surface area contributed by atoms with Crippen LogP contribution >= 0.6 is 11.3 Å². The molecule has 3 heterocycles. The molecule has 0 fully saturated rings. The molecular formula is C54H38N2SSi-. The van der Waals surface area contributed by atoms with Gasteiger partial charge in [-0.25, -0.2) is 0 Å². The largest absolute Gasteiger partial charge is 0.310 e. The maximum atomic E-state index is 2.50. The summed E-state index contributed by atoms with van der Waals surface area (Å²) < 4.78 is 5.06. The average Bonchev–Trinajstić information content (AvgIpc) is 3.88. The molecule has 275 valence electrons. The smallest absolute Gasteiger partial charge is 0.0547 e. The van der Waals surface area contributed by atoms with Crippen LogP contribution < -0.4 is 15.3 Å². The van der Waals surface area contributed by atoms with Gasteiger partial charge in [-0.3, -0.25) is 0 Å². The Balaban J connectivity index is 1.05. The highest BCUT2D eigenvalue weighted by molar-refractivity contribution is 7.25. The Morgan fingerprint density at radius 3 is 2.02 bits per heavy atom. The molecule has 0 radical (unpaired) electrons. The molecule has 0 saturated heterocycles. The second-order valence-electron chi connectivity index (χ2n) is 16.2. The summed E-state index contributed by atoms with van der Waals surface area (Å²) in [5.74, 6) is 0. The molecule has 12 rings (SSSR count). The monoisotopic (exact) mass is 774 g/mol. The highest BCUT2D eigenvalue weighted by Gasteiger charge is 2.28. The third-order valence-corrected chi connectivity index (χ3v) is 17.2. The van der Waals surface area contributed by atoms with Gasteiger partial charge in [0.1, 0.15) is 0 Å². The van der Waals surface area contributed by atoms with E-state index in [1.807, 2.05) is 11.3 Å². The Hall–Kier alpha value is -6.72. The molecule has 0 amide bonds. The van der Waals surface area contributed by atoms with Crippen molar-refractivity contribution in [2.45, 2.75) is 13.1 Å². The van der Waals surface area contributed by atoms with E-state index >= 15 is 0 Å². The number of anilines is 3. The first kappa shape index (κ1) is 33.4. The number of thiophene rings is 1. The van der Waals surface area contributed by atoms with E-state index in [0.717, 1.165) is 17.1 Å². The molecule has 0 bridgehead atoms. The fourth-order valence-corrected chi connectivity index (χ4v) is 14.0. The van der Waals surface area contributed by atoms with E-state index < -0.39 is 8.07 Å². The topological polar surface area (TPSA) is 8.17 Å². The second kappa shape index (κ2) is 12.6. The van der Waals surface area contributed by atoms with Gasteiger partial charge in [0.2, 0.25) is 0 Å². The van der Waals surface area contributed by atoms with E-state index in [9.17, 15) is 0 Å². The summed E-state index contributed by atoms with van der Waals surface area (Å²) in [6.07, 6.45) is 0. The minimum Gasteiger partial charge on any atom is -0.310 e. The Morgan fingerprint density at radius 2 is 1.14 bits per heavy atom. The van der Waals surface area contributed by atoms with Gasteiger partial charge in [0, 0.05) is 53.7 Å². The van der Waals surface area contributed by atoms with Gasteiger partial charge in [0.05, 0.1) is 11.0 Å². The lowest BCUT2D eigenvalue weighted by Crippen LogP contribution is -2.49. The summed E-state index contributed by atoms with van der Waals surface area (Å²) in [5, 5.41) is 10.9. The predicted octanol–water partition coefficient (Wildman–Crippen LogP) is 14.2. The minimum absolute atomic E-state index is 1.13. The summed E-state index contributed by atoms with van der Waals surface area (Å²) in [5.41, 5.74) is 12.3. The van der Waals surface area contributed by atoms with Crippen molar-refractivity contribution in [1.29, 1.82) is 0 Å². The second-order valence-corrected chi connectivity index (χ2v) is 21.6. The summed E-state index contributed by atoms with van der Waals surface area (Å²) in [6.45, 7) is 5.01. The molecule has 0 unspecified atom stereocenters. The summed E-state index contributed by atoms with van der Waals surface area (Å²) in [4.78, 5) is 2.39. The van der Waals surface area contributed by atoms with Crippen molar-refractivity contribution in [3.05, 3.63) is 194 Å². The number of benzene rings is 9. The summed E-state index contributed by atoms with van der Waals surface area (Å²) >= 11 is 1.86. The van der Waals surface area contributed by atoms with Crippen molar-refractivity contribution < 1.29 is 0 Å². The van der Waals surface area contributed by atoms with Gasteiger partial charge in [-0.2, -0.15) is 23.5 Å². The van der Waals surface area contributed by atoms with Crippen LogP contribution in [0.15, 0.2) is 194 Å². The Morgan fingerprint density at radius 1 is 0.431 bits per heavy atom. The number of hydrogen-bond donors (Lipinski definition) is 0. The highest BCUT2D eigenvalue weighted by Crippen LogP contribution is 2.44. The molecule has 2 aromatic heterocycles. The van der Waals surface area contributed by atoms with Gasteiger partial charge in [-0.1, -0.05) is 129 Å². The third kappa shape index (κ3) is 4.95. The van der Waals surface area contributed by atoms with Crippen LogP contribution in [-0.2, 0) is 0 Å². The van der Waals surface area contributed by atoms with E-state index in [4.69, 9.17) is 0 Å². The SMILES string of the molecule is C[Si-]1(C)c2ccccc2-c2c1ccc1cc3c(cc21)c1cc(-c2cccc(N(c4ccccc4)c4ccc5c(c4)sc4ccccc45)c2)ccc1n3-c1ccccc1. The number of hydrogen-bond acceptors (Lipinski definition) is 2. The molecular weight excluding hydrogens is 737 g/mol. The zero-order valence-corrected chi connectivity index (χ0v) is 34.1. The molecule has 58 heavy (non-hydrogen) atoms. The van der Waals surface area contributed by atoms with E-state index in [1.54, 1.807) is 10.4 Å². The van der Waals surface area contributed by atoms with Crippen LogP contribution in [0.4, 0.5) is 17.1 Å². The van der Waals surface area contributed by atoms with Crippen LogP contribution in [0.2, 0.25) is 13.1 Å². The first-order chi connectivity index (χ1) is 28.5. The first-order valence-corrected chi connectivity index (χ1v) is 23.9. The Kier molecular flexibility index (Phi) is 7.28. The fourth-order valence-electron chi connectivity index (χ4n) is 9.78. The summed E-state index contributed by atoms with van der Waals surface area (Å²) in [7, 11) is -1.81. The maximum absolute atomic E-state index is 2.50. The number of aromatic nitrogens is 1. The molecule has 1 aliphatic heterocycles. The highest BCUT2D eigenvalue weighted by atomic mass is 32.1. The van der Waals surface area contributed by atoms with Crippen LogP contribution in [0, 0.1) is 0 Å². The van der Waals surface area contributed by atoms with Gasteiger partial charge >= 0.3 is 0 Å². The molecule has 1 aliphatic rings. The lowest BCUT2D eigenvalue weighted by Gasteiger charge is -2.32. The third-order valence-electron chi connectivity index (χ3n) is 12.5. The van der Waals surface area contributed by atoms with Crippen molar-refractivity contribution in [3.63, 3.8) is 0 Å². The normalized spacial score (nSPS) is 13.1. The quantitative estimate of drug-likeness (QED) is 0.158. The van der Waals surface area contributed by atoms with Gasteiger partial charge in [0.15, 0.2) is 0 Å². The van der Waals surface area contributed by atoms with Crippen molar-refractivity contribution in [2.24, 2.45) is 0 Å². The lowest BCUT2D eigenvalue weighted by atomic mass is 9.96. The molecule has 2 nitrogen and oxygen atoms in total. The number of para-hydroxylation sites is 2. The van der Waals surface area contributed by atoms with Crippen LogP contribution in [0.3, 0.4) is 0 Å². The van der Waals surface area contributed by atoms with Crippen molar-refractivity contribution in [3.8, 4) is 27.9 Å². The van der Waals surface area contributed by atoms with Crippen molar-refractivity contribution in [2.75, 3.05) is 4.90 Å². The Labute approximate surface area is 342 Å². The zero-order chi connectivity index (χ0) is 38.5. The predicted molar refractivity (Wildman–Crippen MR) is 253 cm³/mol. The molecule has 0 spiro atoms. The molecule has 4 heteroatoms. The fraction of sp³-hybridized carbons (Fsp3) is 0.0370. The van der Waals surface area contributed by atoms with E-state index in [2.05, 4.69) is 217 Å². The molecule has 9 aromatic carbocycles. The standard InChI is InChI=1S/C54H38N2SSi/c1-58(2)52-23-12-10-21-44(52)54-45-34-47-46-31-36(24-28-48(46)56(39-17-7-4-8-18-39)49(47)32-37(45)25-29-53(54)58)35-14-13-19-40(30-35)55(38-15-5-3-6-16-38)41-26-27-43-42-20-9-11-22-50(42)57-51(43)33-41/h3-34H,1-2H3/q-1. The molecule has 0 N–H and O–H groups in total. The summed E-state index contributed by atoms with van der Waals surface area (Å²) in [6, 6.07) is 72.2. The van der Waals surface area contributed by atoms with E-state index in [1.165, 1.54) is 80.7 Å². The Bertz CT molecular complexity index is 3430. The average molecular weight is 775 g/mol. The van der Waals surface area contributed by atoms with E-state index in [-0.39, 0.29) is 0 Å². The van der Waals surface area contributed by atoms with Crippen molar-refractivity contribution in [1.82, 2.24) is 4.57 Å². The molecule has 0 aliphatic carbocycles. The molecule has 0 saturated carbocycles. The maximum Gasteiger partial charge on any atom is 0.0547 e. The number of fused-ring (bicyclic) bond motifs is 11. The van der Waals surface area contributed by atoms with Gasteiger partial charge in [0.25, 0.3) is 0 Å². The minimum atomic E-state index is -1.81. The van der Waals surface area contributed by atoms with Gasteiger partial charge in [-0.05, 0) is 106 Å². The van der Waals surface area contributed by atoms with Gasteiger partial charge in [-0.15, -0.1) is 11.3 Å².